The fourth-order valence-electron chi connectivity index (χ4n) is 3.39. The molecule has 0 aliphatic heterocycles. The number of hydrogen-bond acceptors (Lipinski definition) is 5. The Morgan fingerprint density at radius 3 is 2.39 bits per heavy atom. The summed E-state index contributed by atoms with van der Waals surface area (Å²) >= 11 is 12.4. The van der Waals surface area contributed by atoms with E-state index in [2.05, 4.69) is 10.2 Å². The van der Waals surface area contributed by atoms with Crippen LogP contribution in [-0.4, -0.2) is 19.7 Å². The summed E-state index contributed by atoms with van der Waals surface area (Å²) in [6.45, 7) is 3.95. The van der Waals surface area contributed by atoms with Crippen molar-refractivity contribution in [3.05, 3.63) is 72.1 Å². The summed E-state index contributed by atoms with van der Waals surface area (Å²) in [5, 5.41) is 16.8. The number of aromatic amines is 1. The number of aromatic nitrogens is 3. The number of alkyl halides is 3. The highest BCUT2D eigenvalue weighted by Gasteiger charge is 2.36. The normalized spacial score (nSPS) is 11.9. The second-order valence-corrected chi connectivity index (χ2v) is 8.85. The van der Waals surface area contributed by atoms with Crippen LogP contribution in [0.4, 0.5) is 18.9 Å². The number of nitro benzene ring substituents is 1. The second-order valence-electron chi connectivity index (χ2n) is 7.03. The molecule has 13 heteroatoms. The zero-order chi connectivity index (χ0) is 24.5. The monoisotopic (exact) mass is 520 g/mol. The van der Waals surface area contributed by atoms with E-state index in [1.54, 1.807) is 6.07 Å². The zero-order valence-electron chi connectivity index (χ0n) is 17.2. The summed E-state index contributed by atoms with van der Waals surface area (Å²) in [7, 11) is 0. The van der Waals surface area contributed by atoms with Gasteiger partial charge in [0.1, 0.15) is 0 Å². The van der Waals surface area contributed by atoms with E-state index in [0.29, 0.717) is 22.4 Å². The van der Waals surface area contributed by atoms with Gasteiger partial charge in [0.15, 0.2) is 0 Å². The first-order valence-electron chi connectivity index (χ1n) is 9.68. The number of hydrogen-bond donors (Lipinski definition) is 1. The largest absolute Gasteiger partial charge is 0.418 e. The molecule has 0 unspecified atom stereocenters. The lowest BCUT2D eigenvalue weighted by atomic mass is 9.94. The van der Waals surface area contributed by atoms with Crippen LogP contribution >= 0.6 is 35.0 Å². The molecule has 1 N–H and O–H groups in total. The van der Waals surface area contributed by atoms with Gasteiger partial charge in [0.25, 0.3) is 5.69 Å². The molecule has 2 aromatic carbocycles. The SMILES string of the molecule is CCC(CC)c1ccc(Sc2n[nH]c(=O)n2-c2cc(Cl)c(Cl)cc2C(F)(F)F)c([N+](=O)[O-])c1. The van der Waals surface area contributed by atoms with Crippen molar-refractivity contribution < 1.29 is 18.1 Å². The van der Waals surface area contributed by atoms with E-state index in [1.165, 1.54) is 12.1 Å². The van der Waals surface area contributed by atoms with Crippen molar-refractivity contribution in [1.82, 2.24) is 14.8 Å². The van der Waals surface area contributed by atoms with Crippen LogP contribution < -0.4 is 5.69 Å². The highest BCUT2D eigenvalue weighted by Crippen LogP contribution is 2.41. The molecule has 0 aliphatic rings. The molecule has 0 spiro atoms. The highest BCUT2D eigenvalue weighted by molar-refractivity contribution is 7.99. The molecule has 176 valence electrons. The standard InChI is InChI=1S/C20H17Cl2F3N4O3S/c1-3-10(4-2)11-5-6-17(16(7-11)29(31)32)33-19-27-26-18(30)28(19)15-9-14(22)13(21)8-12(15)20(23,24)25/h5-10H,3-4H2,1-2H3,(H,26,30). The maximum Gasteiger partial charge on any atom is 0.418 e. The molecule has 0 bridgehead atoms. The first-order valence-corrected chi connectivity index (χ1v) is 11.2. The molecular formula is C20H17Cl2F3N4O3S. The number of nitrogens with one attached hydrogen (secondary N) is 1. The van der Waals surface area contributed by atoms with Crippen LogP contribution in [0.3, 0.4) is 0 Å². The topological polar surface area (TPSA) is 93.8 Å². The number of benzene rings is 2. The molecule has 0 fully saturated rings. The predicted octanol–water partition coefficient (Wildman–Crippen LogP) is 6.85. The smallest absolute Gasteiger partial charge is 0.258 e. The Morgan fingerprint density at radius 2 is 1.82 bits per heavy atom. The van der Waals surface area contributed by atoms with Crippen LogP contribution in [0.5, 0.6) is 0 Å². The van der Waals surface area contributed by atoms with E-state index >= 15 is 0 Å². The molecule has 0 saturated heterocycles. The number of nitro groups is 1. The number of rotatable bonds is 7. The number of halogens is 5. The Bertz CT molecular complexity index is 1260. The zero-order valence-corrected chi connectivity index (χ0v) is 19.6. The van der Waals surface area contributed by atoms with Gasteiger partial charge in [-0.3, -0.25) is 10.1 Å². The lowest BCUT2D eigenvalue weighted by Crippen LogP contribution is -2.20. The van der Waals surface area contributed by atoms with E-state index in [0.717, 1.165) is 24.5 Å². The highest BCUT2D eigenvalue weighted by atomic mass is 35.5. The molecule has 7 nitrogen and oxygen atoms in total. The Kier molecular flexibility index (Phi) is 7.45. The molecule has 0 radical (unpaired) electrons. The van der Waals surface area contributed by atoms with Gasteiger partial charge in [0.05, 0.1) is 31.1 Å². The van der Waals surface area contributed by atoms with E-state index in [-0.39, 0.29) is 31.7 Å². The van der Waals surface area contributed by atoms with Crippen LogP contribution in [-0.2, 0) is 6.18 Å². The molecule has 3 aromatic rings. The first-order chi connectivity index (χ1) is 15.5. The summed E-state index contributed by atoms with van der Waals surface area (Å²) in [5.41, 5.74) is -2.25. The van der Waals surface area contributed by atoms with Gasteiger partial charge in [-0.1, -0.05) is 43.1 Å². The Labute approximate surface area is 200 Å². The molecular weight excluding hydrogens is 504 g/mol. The molecule has 0 aliphatic carbocycles. The van der Waals surface area contributed by atoms with E-state index in [1.807, 2.05) is 13.8 Å². The minimum Gasteiger partial charge on any atom is -0.258 e. The van der Waals surface area contributed by atoms with Crippen LogP contribution in [0, 0.1) is 10.1 Å². The minimum atomic E-state index is -4.86. The number of H-pyrrole nitrogens is 1. The fourth-order valence-corrected chi connectivity index (χ4v) is 4.64. The van der Waals surface area contributed by atoms with Crippen molar-refractivity contribution in [2.75, 3.05) is 0 Å². The molecule has 3 rings (SSSR count). The van der Waals surface area contributed by atoms with Gasteiger partial charge in [0, 0.05) is 6.07 Å². The Hall–Kier alpha value is -2.50. The molecule has 33 heavy (non-hydrogen) atoms. The van der Waals surface area contributed by atoms with Crippen LogP contribution in [0.1, 0.15) is 43.7 Å². The average Bonchev–Trinajstić information content (AvgIpc) is 3.10. The van der Waals surface area contributed by atoms with Gasteiger partial charge in [-0.15, -0.1) is 5.10 Å². The summed E-state index contributed by atoms with van der Waals surface area (Å²) < 4.78 is 41.6. The van der Waals surface area contributed by atoms with E-state index in [9.17, 15) is 28.1 Å². The summed E-state index contributed by atoms with van der Waals surface area (Å²) in [5.74, 6) is 0.122. The molecule has 1 heterocycles. The van der Waals surface area contributed by atoms with Gasteiger partial charge in [-0.25, -0.2) is 14.5 Å². The van der Waals surface area contributed by atoms with Crippen molar-refractivity contribution in [1.29, 1.82) is 0 Å². The Balaban J connectivity index is 2.15. The summed E-state index contributed by atoms with van der Waals surface area (Å²) in [6.07, 6.45) is -3.28. The maximum atomic E-state index is 13.7. The van der Waals surface area contributed by atoms with E-state index < -0.39 is 28.0 Å². The Morgan fingerprint density at radius 1 is 1.18 bits per heavy atom. The predicted molar refractivity (Wildman–Crippen MR) is 120 cm³/mol. The average molecular weight is 521 g/mol. The van der Waals surface area contributed by atoms with Crippen LogP contribution in [0.15, 0.2) is 45.2 Å². The van der Waals surface area contributed by atoms with Gasteiger partial charge in [-0.05, 0) is 54.3 Å². The quantitative estimate of drug-likeness (QED) is 0.271. The van der Waals surface area contributed by atoms with Crippen molar-refractivity contribution in [3.63, 3.8) is 0 Å². The van der Waals surface area contributed by atoms with Crippen molar-refractivity contribution >= 4 is 40.7 Å². The lowest BCUT2D eigenvalue weighted by Gasteiger charge is -2.16. The van der Waals surface area contributed by atoms with Gasteiger partial charge in [-0.2, -0.15) is 13.2 Å². The fraction of sp³-hybridized carbons (Fsp3) is 0.300. The van der Waals surface area contributed by atoms with Crippen molar-refractivity contribution in [2.45, 2.75) is 48.8 Å². The van der Waals surface area contributed by atoms with Crippen molar-refractivity contribution in [2.24, 2.45) is 0 Å². The summed E-state index contributed by atoms with van der Waals surface area (Å²) in [6, 6.07) is 6.18. The first kappa shape index (κ1) is 25.1. The summed E-state index contributed by atoms with van der Waals surface area (Å²) in [4.78, 5) is 23.6. The molecule has 1 aromatic heterocycles. The molecule has 0 amide bonds. The maximum absolute atomic E-state index is 13.7. The molecule has 0 atom stereocenters. The second kappa shape index (κ2) is 9.78. The van der Waals surface area contributed by atoms with Gasteiger partial charge < -0.3 is 0 Å². The third kappa shape index (κ3) is 5.20. The van der Waals surface area contributed by atoms with Gasteiger partial charge >= 0.3 is 11.9 Å². The van der Waals surface area contributed by atoms with Crippen LogP contribution in [0.25, 0.3) is 5.69 Å². The van der Waals surface area contributed by atoms with Crippen molar-refractivity contribution in [3.8, 4) is 5.69 Å². The number of nitrogens with zero attached hydrogens (tertiary/aromatic N) is 3. The third-order valence-corrected chi connectivity index (χ3v) is 6.81. The lowest BCUT2D eigenvalue weighted by molar-refractivity contribution is -0.387. The van der Waals surface area contributed by atoms with Gasteiger partial charge in [0.2, 0.25) is 5.16 Å². The van der Waals surface area contributed by atoms with E-state index in [4.69, 9.17) is 23.2 Å². The minimum absolute atomic E-state index is 0.114. The molecule has 0 saturated carbocycles. The van der Waals surface area contributed by atoms with Crippen LogP contribution in [0.2, 0.25) is 10.0 Å². The third-order valence-electron chi connectivity index (χ3n) is 5.06.